The van der Waals surface area contributed by atoms with Crippen LogP contribution < -0.4 is 5.73 Å². The summed E-state index contributed by atoms with van der Waals surface area (Å²) in [7, 11) is 0. The van der Waals surface area contributed by atoms with Gasteiger partial charge in [-0.3, -0.25) is 19.0 Å². The Labute approximate surface area is 158 Å². The molecule has 1 saturated heterocycles. The molecule has 1 aliphatic heterocycles. The molecule has 0 saturated carbocycles. The maximum atomic E-state index is 11.7. The Morgan fingerprint density at radius 1 is 1.04 bits per heavy atom. The van der Waals surface area contributed by atoms with Crippen LogP contribution in [0.2, 0.25) is 0 Å². The third-order valence-corrected chi connectivity index (χ3v) is 3.99. The van der Waals surface area contributed by atoms with Crippen molar-refractivity contribution in [1.29, 1.82) is 0 Å². The van der Waals surface area contributed by atoms with E-state index in [9.17, 15) is 14.4 Å². The van der Waals surface area contributed by atoms with E-state index in [2.05, 4.69) is 15.0 Å². The van der Waals surface area contributed by atoms with Crippen molar-refractivity contribution in [3.05, 3.63) is 12.7 Å². The van der Waals surface area contributed by atoms with Crippen LogP contribution in [0.1, 0.15) is 27.0 Å². The van der Waals surface area contributed by atoms with Crippen LogP contribution in [-0.4, -0.2) is 62.3 Å². The van der Waals surface area contributed by atoms with Gasteiger partial charge in [0.25, 0.3) is 0 Å². The number of imidazole rings is 1. The van der Waals surface area contributed by atoms with E-state index in [1.807, 2.05) is 0 Å². The number of nitrogens with two attached hydrogens (primary N) is 1. The molecule has 4 atom stereocenters. The van der Waals surface area contributed by atoms with E-state index in [1.54, 1.807) is 0 Å². The average molecular weight is 393 g/mol. The Bertz CT molecular complexity index is 914. The highest BCUT2D eigenvalue weighted by molar-refractivity contribution is 5.81. The number of esters is 3. The van der Waals surface area contributed by atoms with Gasteiger partial charge in [-0.25, -0.2) is 15.0 Å². The molecule has 3 heterocycles. The van der Waals surface area contributed by atoms with Gasteiger partial charge in [0.2, 0.25) is 0 Å². The number of nitrogen functional groups attached to an aromatic ring is 1. The SMILES string of the molecule is CC(=O)O[C@@H]1[C@H](OC(C)=O)[C@H](OC(C)=O)CO[C@@H]1n1cnc2c(N)ncnc21. The van der Waals surface area contributed by atoms with Gasteiger partial charge in [-0.2, -0.15) is 0 Å². The van der Waals surface area contributed by atoms with Gasteiger partial charge in [0, 0.05) is 20.8 Å². The number of hydrogen-bond acceptors (Lipinski definition) is 11. The molecule has 1 aliphatic rings. The number of fused-ring (bicyclic) bond motifs is 1. The summed E-state index contributed by atoms with van der Waals surface area (Å²) in [5.74, 6) is -1.71. The number of hydrogen-bond donors (Lipinski definition) is 1. The van der Waals surface area contributed by atoms with Crippen LogP contribution in [0, 0.1) is 0 Å². The van der Waals surface area contributed by atoms with Crippen LogP contribution in [0.3, 0.4) is 0 Å². The fourth-order valence-electron chi connectivity index (χ4n) is 3.02. The van der Waals surface area contributed by atoms with Crippen LogP contribution in [0.25, 0.3) is 11.2 Å². The summed E-state index contributed by atoms with van der Waals surface area (Å²) < 4.78 is 23.2. The van der Waals surface area contributed by atoms with Gasteiger partial charge in [0.05, 0.1) is 12.9 Å². The van der Waals surface area contributed by atoms with Gasteiger partial charge in [0.1, 0.15) is 11.8 Å². The summed E-state index contributed by atoms with van der Waals surface area (Å²) in [5, 5.41) is 0. The summed E-state index contributed by atoms with van der Waals surface area (Å²) in [6.07, 6.45) is -1.50. The summed E-state index contributed by atoms with van der Waals surface area (Å²) in [6, 6.07) is 0. The number of anilines is 1. The lowest BCUT2D eigenvalue weighted by atomic mass is 10.0. The molecule has 12 nitrogen and oxygen atoms in total. The summed E-state index contributed by atoms with van der Waals surface area (Å²) in [6.45, 7) is 3.49. The first-order valence-electron chi connectivity index (χ1n) is 8.34. The number of nitrogens with zero attached hydrogens (tertiary/aromatic N) is 4. The molecular formula is C16H19N5O7. The van der Waals surface area contributed by atoms with Crippen molar-refractivity contribution in [1.82, 2.24) is 19.5 Å². The second kappa shape index (κ2) is 7.76. The van der Waals surface area contributed by atoms with Gasteiger partial charge >= 0.3 is 17.9 Å². The summed E-state index contributed by atoms with van der Waals surface area (Å²) in [5.41, 5.74) is 6.47. The van der Waals surface area contributed by atoms with E-state index in [-0.39, 0.29) is 12.4 Å². The molecule has 0 unspecified atom stereocenters. The maximum Gasteiger partial charge on any atom is 0.303 e. The molecule has 12 heteroatoms. The first-order valence-corrected chi connectivity index (χ1v) is 8.34. The first kappa shape index (κ1) is 19.5. The normalized spacial score (nSPS) is 24.5. The Hall–Kier alpha value is -3.28. The first-order chi connectivity index (χ1) is 13.3. The monoisotopic (exact) mass is 393 g/mol. The molecule has 2 aromatic rings. The third-order valence-electron chi connectivity index (χ3n) is 3.99. The van der Waals surface area contributed by atoms with Crippen LogP contribution >= 0.6 is 0 Å². The molecule has 0 spiro atoms. The summed E-state index contributed by atoms with van der Waals surface area (Å²) in [4.78, 5) is 46.9. The Morgan fingerprint density at radius 2 is 1.68 bits per heavy atom. The minimum absolute atomic E-state index is 0.111. The van der Waals surface area contributed by atoms with Crippen LogP contribution in [0.15, 0.2) is 12.7 Å². The number of rotatable bonds is 4. The van der Waals surface area contributed by atoms with Gasteiger partial charge < -0.3 is 24.7 Å². The van der Waals surface area contributed by atoms with Crippen LogP contribution in [0.4, 0.5) is 5.82 Å². The molecule has 1 fully saturated rings. The molecule has 0 bridgehead atoms. The zero-order chi connectivity index (χ0) is 20.4. The fraction of sp³-hybridized carbons (Fsp3) is 0.500. The number of ether oxygens (including phenoxy) is 4. The largest absolute Gasteiger partial charge is 0.456 e. The second-order valence-corrected chi connectivity index (χ2v) is 6.10. The van der Waals surface area contributed by atoms with E-state index in [1.165, 1.54) is 38.0 Å². The van der Waals surface area contributed by atoms with Crippen molar-refractivity contribution < 1.29 is 33.3 Å². The predicted octanol–water partition coefficient (Wildman–Crippen LogP) is -0.268. The third kappa shape index (κ3) is 3.86. The van der Waals surface area contributed by atoms with Crippen molar-refractivity contribution in [2.24, 2.45) is 0 Å². The van der Waals surface area contributed by atoms with Crippen molar-refractivity contribution in [3.8, 4) is 0 Å². The second-order valence-electron chi connectivity index (χ2n) is 6.10. The molecule has 0 aromatic carbocycles. The average Bonchev–Trinajstić information content (AvgIpc) is 3.02. The summed E-state index contributed by atoms with van der Waals surface area (Å²) >= 11 is 0. The lowest BCUT2D eigenvalue weighted by Gasteiger charge is -2.40. The van der Waals surface area contributed by atoms with Crippen molar-refractivity contribution in [2.45, 2.75) is 45.3 Å². The van der Waals surface area contributed by atoms with E-state index < -0.39 is 42.4 Å². The molecule has 150 valence electrons. The highest BCUT2D eigenvalue weighted by Crippen LogP contribution is 2.32. The van der Waals surface area contributed by atoms with Gasteiger partial charge in [0.15, 0.2) is 36.0 Å². The highest BCUT2D eigenvalue weighted by Gasteiger charge is 2.48. The highest BCUT2D eigenvalue weighted by atomic mass is 16.6. The molecule has 0 aliphatic carbocycles. The lowest BCUT2D eigenvalue weighted by Crippen LogP contribution is -2.55. The minimum Gasteiger partial charge on any atom is -0.456 e. The Morgan fingerprint density at radius 3 is 2.32 bits per heavy atom. The molecule has 0 amide bonds. The molecule has 2 aromatic heterocycles. The maximum absolute atomic E-state index is 11.7. The van der Waals surface area contributed by atoms with E-state index in [4.69, 9.17) is 24.7 Å². The van der Waals surface area contributed by atoms with Crippen molar-refractivity contribution in [2.75, 3.05) is 12.3 Å². The predicted molar refractivity (Wildman–Crippen MR) is 91.4 cm³/mol. The molecule has 2 N–H and O–H groups in total. The lowest BCUT2D eigenvalue weighted by molar-refractivity contribution is -0.239. The molecular weight excluding hydrogens is 374 g/mol. The molecule has 3 rings (SSSR count). The fourth-order valence-corrected chi connectivity index (χ4v) is 3.02. The van der Waals surface area contributed by atoms with E-state index in [0.29, 0.717) is 11.2 Å². The van der Waals surface area contributed by atoms with Gasteiger partial charge in [-0.15, -0.1) is 0 Å². The number of carbonyl (C=O) groups is 3. The molecule has 28 heavy (non-hydrogen) atoms. The van der Waals surface area contributed by atoms with E-state index in [0.717, 1.165) is 0 Å². The van der Waals surface area contributed by atoms with Gasteiger partial charge in [-0.05, 0) is 0 Å². The number of carbonyl (C=O) groups excluding carboxylic acids is 3. The quantitative estimate of drug-likeness (QED) is 0.538. The van der Waals surface area contributed by atoms with E-state index >= 15 is 0 Å². The number of aromatic nitrogens is 4. The zero-order valence-corrected chi connectivity index (χ0v) is 15.4. The van der Waals surface area contributed by atoms with Crippen LogP contribution in [0.5, 0.6) is 0 Å². The topological polar surface area (TPSA) is 158 Å². The Kier molecular flexibility index (Phi) is 5.40. The molecule has 0 radical (unpaired) electrons. The Balaban J connectivity index is 2.03. The minimum atomic E-state index is -1.13. The van der Waals surface area contributed by atoms with Crippen molar-refractivity contribution >= 4 is 34.9 Å². The van der Waals surface area contributed by atoms with Gasteiger partial charge in [-0.1, -0.05) is 0 Å². The zero-order valence-electron chi connectivity index (χ0n) is 15.4. The van der Waals surface area contributed by atoms with Crippen LogP contribution in [-0.2, 0) is 33.3 Å². The standard InChI is InChI=1S/C16H19N5O7/c1-7(22)26-10-4-25-16(13(28-9(3)24)12(10)27-8(2)23)21-6-20-11-14(17)18-5-19-15(11)21/h5-6,10,12-13,16H,4H2,1-3H3,(H2,17,18,19)/t10-,12-,13-,16+/m1/s1. The smallest absolute Gasteiger partial charge is 0.303 e. The van der Waals surface area contributed by atoms with Crippen molar-refractivity contribution in [3.63, 3.8) is 0 Å².